The normalized spacial score (nSPS) is 23.3. The predicted octanol–water partition coefficient (Wildman–Crippen LogP) is 10.8. The molecule has 0 aromatic rings. The number of aliphatic hydroxyl groups excluding tert-OH is 1. The molecule has 0 amide bonds. The quantitative estimate of drug-likeness (QED) is 0.267. The molecule has 2 heteroatoms. The molecule has 2 aliphatic rings. The van der Waals surface area contributed by atoms with Gasteiger partial charge in [-0.1, -0.05) is 132 Å². The highest BCUT2D eigenvalue weighted by atomic mass is 16.3. The standard InChI is InChI=1S/C40H54O2/c1-29(18-13-20-31(3)23-25-35-33(5)22-15-27-39(35,7)8)16-11-12-17-30(2)19-14-21-32(4)24-26-36-34(6)28-37(41)38(42)40(36,9)10/h11-14,16-21,23-26,37,41H,15,22,27-28H2,1-10H3. The summed E-state index contributed by atoms with van der Waals surface area (Å²) < 4.78 is 0. The highest BCUT2D eigenvalue weighted by Gasteiger charge is 2.40. The van der Waals surface area contributed by atoms with Gasteiger partial charge in [-0.2, -0.15) is 0 Å². The Hall–Kier alpha value is -3.23. The molecular formula is C40H54O2. The van der Waals surface area contributed by atoms with Gasteiger partial charge in [0.05, 0.1) is 5.41 Å². The number of carbonyl (C=O) groups is 1. The molecule has 0 aromatic heterocycles. The van der Waals surface area contributed by atoms with E-state index >= 15 is 0 Å². The second-order valence-electron chi connectivity index (χ2n) is 13.2. The molecule has 0 aromatic carbocycles. The van der Waals surface area contributed by atoms with Crippen molar-refractivity contribution < 1.29 is 9.90 Å². The molecule has 2 nitrogen and oxygen atoms in total. The van der Waals surface area contributed by atoms with Gasteiger partial charge < -0.3 is 5.11 Å². The molecule has 0 fully saturated rings. The van der Waals surface area contributed by atoms with Crippen molar-refractivity contribution in [3.8, 4) is 0 Å². The lowest BCUT2D eigenvalue weighted by molar-refractivity contribution is -0.134. The molecule has 1 atom stereocenters. The van der Waals surface area contributed by atoms with Crippen LogP contribution >= 0.6 is 0 Å². The van der Waals surface area contributed by atoms with Crippen LogP contribution in [0.2, 0.25) is 0 Å². The predicted molar refractivity (Wildman–Crippen MR) is 183 cm³/mol. The Morgan fingerprint density at radius 2 is 1.14 bits per heavy atom. The summed E-state index contributed by atoms with van der Waals surface area (Å²) in [6.07, 6.45) is 32.9. The molecule has 0 saturated carbocycles. The maximum absolute atomic E-state index is 12.4. The van der Waals surface area contributed by atoms with Gasteiger partial charge in [0.25, 0.3) is 0 Å². The van der Waals surface area contributed by atoms with E-state index < -0.39 is 11.5 Å². The Kier molecular flexibility index (Phi) is 13.2. The van der Waals surface area contributed by atoms with Crippen LogP contribution in [0.1, 0.15) is 94.9 Å². The summed E-state index contributed by atoms with van der Waals surface area (Å²) in [6, 6.07) is 0. The average Bonchev–Trinajstić information content (AvgIpc) is 2.89. The third-order valence-electron chi connectivity index (χ3n) is 8.39. The maximum Gasteiger partial charge on any atom is 0.171 e. The van der Waals surface area contributed by atoms with E-state index in [2.05, 4.69) is 108 Å². The van der Waals surface area contributed by atoms with Crippen molar-refractivity contribution in [2.75, 3.05) is 0 Å². The van der Waals surface area contributed by atoms with E-state index in [1.54, 1.807) is 0 Å². The molecule has 0 heterocycles. The van der Waals surface area contributed by atoms with E-state index in [-0.39, 0.29) is 11.2 Å². The maximum atomic E-state index is 12.4. The van der Waals surface area contributed by atoms with E-state index in [1.807, 2.05) is 45.9 Å². The first-order valence-corrected chi connectivity index (χ1v) is 15.4. The van der Waals surface area contributed by atoms with Gasteiger partial charge in [0.2, 0.25) is 0 Å². The number of ketones is 1. The molecule has 1 unspecified atom stereocenters. The van der Waals surface area contributed by atoms with Gasteiger partial charge in [-0.15, -0.1) is 0 Å². The molecule has 2 rings (SSSR count). The van der Waals surface area contributed by atoms with E-state index in [0.717, 1.165) is 22.3 Å². The number of allylic oxidation sites excluding steroid dienone is 21. The van der Waals surface area contributed by atoms with Crippen LogP contribution in [-0.2, 0) is 4.79 Å². The van der Waals surface area contributed by atoms with Gasteiger partial charge in [0.1, 0.15) is 6.10 Å². The van der Waals surface area contributed by atoms with Crippen molar-refractivity contribution in [1.29, 1.82) is 0 Å². The second-order valence-corrected chi connectivity index (χ2v) is 13.2. The largest absolute Gasteiger partial charge is 0.385 e. The molecule has 0 radical (unpaired) electrons. The van der Waals surface area contributed by atoms with Crippen molar-refractivity contribution >= 4 is 5.78 Å². The van der Waals surface area contributed by atoms with Crippen LogP contribution in [0.15, 0.2) is 130 Å². The number of hydrogen-bond acceptors (Lipinski definition) is 2. The Balaban J connectivity index is 1.92. The fourth-order valence-electron chi connectivity index (χ4n) is 5.71. The minimum Gasteiger partial charge on any atom is -0.385 e. The molecule has 0 bridgehead atoms. The number of aliphatic hydroxyl groups is 1. The third-order valence-corrected chi connectivity index (χ3v) is 8.39. The fourth-order valence-corrected chi connectivity index (χ4v) is 5.71. The minimum atomic E-state index is -0.892. The van der Waals surface area contributed by atoms with Crippen LogP contribution in [0.3, 0.4) is 0 Å². The van der Waals surface area contributed by atoms with E-state index in [9.17, 15) is 9.90 Å². The lowest BCUT2D eigenvalue weighted by Crippen LogP contribution is -2.40. The monoisotopic (exact) mass is 566 g/mol. The first kappa shape index (κ1) is 35.0. The Morgan fingerprint density at radius 3 is 1.64 bits per heavy atom. The second kappa shape index (κ2) is 15.8. The van der Waals surface area contributed by atoms with Crippen LogP contribution in [0.4, 0.5) is 0 Å². The average molecular weight is 567 g/mol. The molecule has 0 saturated heterocycles. The van der Waals surface area contributed by atoms with Gasteiger partial charge in [0.15, 0.2) is 5.78 Å². The lowest BCUT2D eigenvalue weighted by atomic mass is 9.70. The summed E-state index contributed by atoms with van der Waals surface area (Å²) in [5, 5.41) is 10.0. The first-order valence-electron chi connectivity index (χ1n) is 15.4. The minimum absolute atomic E-state index is 0.105. The summed E-state index contributed by atoms with van der Waals surface area (Å²) in [5.41, 5.74) is 9.41. The topological polar surface area (TPSA) is 37.3 Å². The fraction of sp³-hybridized carbons (Fsp3) is 0.425. The van der Waals surface area contributed by atoms with E-state index in [4.69, 9.17) is 0 Å². The first-order chi connectivity index (χ1) is 19.6. The molecule has 42 heavy (non-hydrogen) atoms. The molecule has 226 valence electrons. The van der Waals surface area contributed by atoms with Crippen molar-refractivity contribution in [1.82, 2.24) is 0 Å². The van der Waals surface area contributed by atoms with Crippen molar-refractivity contribution in [3.63, 3.8) is 0 Å². The summed E-state index contributed by atoms with van der Waals surface area (Å²) in [6.45, 7) is 21.2. The summed E-state index contributed by atoms with van der Waals surface area (Å²) in [7, 11) is 0. The van der Waals surface area contributed by atoms with E-state index in [1.165, 1.54) is 41.6 Å². The SMILES string of the molecule is CC(C=CC=C(C)C=CC1=C(C)CCCC1(C)C)=CC=CC=C(C)C=CC=C(C)C=CC1=C(C)CC(O)C(=O)C1(C)C. The van der Waals surface area contributed by atoms with Crippen LogP contribution in [-0.4, -0.2) is 17.0 Å². The van der Waals surface area contributed by atoms with Crippen molar-refractivity contribution in [3.05, 3.63) is 130 Å². The number of rotatable bonds is 10. The highest BCUT2D eigenvalue weighted by Crippen LogP contribution is 2.41. The van der Waals surface area contributed by atoms with E-state index in [0.29, 0.717) is 6.42 Å². The van der Waals surface area contributed by atoms with Gasteiger partial charge in [-0.25, -0.2) is 0 Å². The van der Waals surface area contributed by atoms with Crippen molar-refractivity contribution in [2.24, 2.45) is 10.8 Å². The molecular weight excluding hydrogens is 512 g/mol. The smallest absolute Gasteiger partial charge is 0.171 e. The third kappa shape index (κ3) is 10.6. The van der Waals surface area contributed by atoms with Crippen LogP contribution in [0.25, 0.3) is 0 Å². The summed E-state index contributed by atoms with van der Waals surface area (Å²) in [5.74, 6) is -0.105. The zero-order chi connectivity index (χ0) is 31.5. The zero-order valence-corrected chi connectivity index (χ0v) is 27.8. The van der Waals surface area contributed by atoms with Gasteiger partial charge in [-0.3, -0.25) is 4.79 Å². The Labute approximate surface area is 256 Å². The Morgan fingerprint density at radius 1 is 0.690 bits per heavy atom. The van der Waals surface area contributed by atoms with Crippen LogP contribution in [0, 0.1) is 10.8 Å². The molecule has 2 aliphatic carbocycles. The lowest BCUT2D eigenvalue weighted by Gasteiger charge is -2.34. The zero-order valence-electron chi connectivity index (χ0n) is 27.8. The number of carbonyl (C=O) groups excluding carboxylic acids is 1. The molecule has 1 N–H and O–H groups in total. The summed E-state index contributed by atoms with van der Waals surface area (Å²) in [4.78, 5) is 12.4. The van der Waals surface area contributed by atoms with Gasteiger partial charge in [0, 0.05) is 6.42 Å². The molecule has 0 aliphatic heterocycles. The van der Waals surface area contributed by atoms with Crippen LogP contribution in [0.5, 0.6) is 0 Å². The highest BCUT2D eigenvalue weighted by molar-refractivity contribution is 5.93. The van der Waals surface area contributed by atoms with Gasteiger partial charge in [-0.05, 0) is 91.2 Å². The van der Waals surface area contributed by atoms with Gasteiger partial charge >= 0.3 is 0 Å². The van der Waals surface area contributed by atoms with Crippen LogP contribution < -0.4 is 0 Å². The molecule has 0 spiro atoms. The Bertz CT molecular complexity index is 1330. The summed E-state index contributed by atoms with van der Waals surface area (Å²) >= 11 is 0. The van der Waals surface area contributed by atoms with Crippen molar-refractivity contribution in [2.45, 2.75) is 101 Å². The number of hydrogen-bond donors (Lipinski definition) is 1. The number of Topliss-reactive ketones (excluding diaryl/α,β-unsaturated/α-hetero) is 1.